The summed E-state index contributed by atoms with van der Waals surface area (Å²) in [5.41, 5.74) is 3.66. The van der Waals surface area contributed by atoms with Crippen LogP contribution in [0.2, 0.25) is 0 Å². The number of nitrogens with zero attached hydrogens (tertiary/aromatic N) is 2. The number of hydrogen-bond donors (Lipinski definition) is 1. The Labute approximate surface area is 158 Å². The smallest absolute Gasteiger partial charge is 0.261 e. The fourth-order valence-corrected chi connectivity index (χ4v) is 4.94. The predicted molar refractivity (Wildman–Crippen MR) is 103 cm³/mol. The molecule has 2 aromatic heterocycles. The Hall–Kier alpha value is -1.76. The van der Waals surface area contributed by atoms with E-state index in [1.165, 1.54) is 24.0 Å². The Balaban J connectivity index is 1.47. The van der Waals surface area contributed by atoms with Gasteiger partial charge in [0.1, 0.15) is 0 Å². The van der Waals surface area contributed by atoms with Gasteiger partial charge in [0.05, 0.1) is 29.8 Å². The number of nitrogens with one attached hydrogen (secondary N) is 1. The Morgan fingerprint density at radius 1 is 1.27 bits per heavy atom. The fourth-order valence-electron chi connectivity index (χ4n) is 3.86. The van der Waals surface area contributed by atoms with Crippen molar-refractivity contribution in [2.24, 2.45) is 0 Å². The van der Waals surface area contributed by atoms with E-state index in [1.807, 2.05) is 24.4 Å². The zero-order valence-electron chi connectivity index (χ0n) is 14.9. The number of amides is 1. The largest absolute Gasteiger partial charge is 0.379 e. The monoisotopic (exact) mass is 371 g/mol. The molecule has 3 heterocycles. The maximum Gasteiger partial charge on any atom is 0.261 e. The second-order valence-corrected chi connectivity index (χ2v) is 7.78. The standard InChI is InChI=1S/C20H25N3O2S/c24-20(19-16-6-2-1-5-15(16)14-26-19)22-13-18(17-7-3-4-8-21-17)23-9-11-25-12-10-23/h3-4,7-8,14,18H,1-2,5-6,9-13H2,(H,22,24). The predicted octanol–water partition coefficient (Wildman–Crippen LogP) is 2.83. The lowest BCUT2D eigenvalue weighted by atomic mass is 9.94. The van der Waals surface area contributed by atoms with Crippen LogP contribution in [0.1, 0.15) is 45.4 Å². The zero-order valence-corrected chi connectivity index (χ0v) is 15.8. The first kappa shape index (κ1) is 17.6. The molecule has 1 aliphatic heterocycles. The van der Waals surface area contributed by atoms with Crippen LogP contribution in [0.4, 0.5) is 0 Å². The van der Waals surface area contributed by atoms with Crippen LogP contribution >= 0.6 is 11.3 Å². The molecule has 1 atom stereocenters. The molecule has 0 bridgehead atoms. The maximum absolute atomic E-state index is 12.8. The van der Waals surface area contributed by atoms with Crippen LogP contribution in [0.25, 0.3) is 0 Å². The van der Waals surface area contributed by atoms with E-state index < -0.39 is 0 Å². The van der Waals surface area contributed by atoms with Crippen LogP contribution in [0.3, 0.4) is 0 Å². The van der Waals surface area contributed by atoms with E-state index in [4.69, 9.17) is 4.74 Å². The molecule has 0 spiro atoms. The average Bonchev–Trinajstić information content (AvgIpc) is 3.14. The molecule has 1 unspecified atom stereocenters. The summed E-state index contributed by atoms with van der Waals surface area (Å²) in [6, 6.07) is 6.06. The fraction of sp³-hybridized carbons (Fsp3) is 0.500. The van der Waals surface area contributed by atoms with Gasteiger partial charge in [-0.1, -0.05) is 6.07 Å². The number of pyridine rings is 1. The minimum absolute atomic E-state index is 0.0624. The molecule has 2 aliphatic rings. The minimum Gasteiger partial charge on any atom is -0.379 e. The van der Waals surface area contributed by atoms with Crippen molar-refractivity contribution in [3.05, 3.63) is 51.5 Å². The third-order valence-corrected chi connectivity index (χ3v) is 6.35. The SMILES string of the molecule is O=C(NCC(c1ccccn1)N1CCOCC1)c1scc2c1CCCC2. The third kappa shape index (κ3) is 3.82. The van der Waals surface area contributed by atoms with Crippen LogP contribution in [0, 0.1) is 0 Å². The molecule has 26 heavy (non-hydrogen) atoms. The van der Waals surface area contributed by atoms with E-state index in [0.717, 1.165) is 49.7 Å². The van der Waals surface area contributed by atoms with Crippen molar-refractivity contribution in [2.75, 3.05) is 32.8 Å². The number of hydrogen-bond acceptors (Lipinski definition) is 5. The van der Waals surface area contributed by atoms with Gasteiger partial charge in [-0.2, -0.15) is 0 Å². The number of ether oxygens (including phenoxy) is 1. The van der Waals surface area contributed by atoms with Crippen molar-refractivity contribution < 1.29 is 9.53 Å². The van der Waals surface area contributed by atoms with Gasteiger partial charge < -0.3 is 10.1 Å². The molecular weight excluding hydrogens is 346 g/mol. The quantitative estimate of drug-likeness (QED) is 0.878. The van der Waals surface area contributed by atoms with Gasteiger partial charge >= 0.3 is 0 Å². The van der Waals surface area contributed by atoms with E-state index in [2.05, 4.69) is 20.6 Å². The molecule has 2 aromatic rings. The van der Waals surface area contributed by atoms with E-state index >= 15 is 0 Å². The van der Waals surface area contributed by atoms with Gasteiger partial charge in [0.15, 0.2) is 0 Å². The summed E-state index contributed by atoms with van der Waals surface area (Å²) < 4.78 is 5.48. The maximum atomic E-state index is 12.8. The Morgan fingerprint density at radius 3 is 2.92 bits per heavy atom. The molecule has 1 saturated heterocycles. The van der Waals surface area contributed by atoms with Crippen molar-refractivity contribution in [3.8, 4) is 0 Å². The lowest BCUT2D eigenvalue weighted by Gasteiger charge is -2.34. The molecule has 1 amide bonds. The number of carbonyl (C=O) groups excluding carboxylic acids is 1. The summed E-state index contributed by atoms with van der Waals surface area (Å²) in [5.74, 6) is 0.0624. The van der Waals surface area contributed by atoms with Crippen LogP contribution in [-0.4, -0.2) is 48.6 Å². The summed E-state index contributed by atoms with van der Waals surface area (Å²) in [6.07, 6.45) is 6.40. The normalized spacial score (nSPS) is 18.9. The molecule has 1 N–H and O–H groups in total. The molecule has 0 radical (unpaired) electrons. The van der Waals surface area contributed by atoms with E-state index in [0.29, 0.717) is 6.54 Å². The first-order valence-electron chi connectivity index (χ1n) is 9.43. The van der Waals surface area contributed by atoms with Crippen molar-refractivity contribution >= 4 is 17.2 Å². The highest BCUT2D eigenvalue weighted by Gasteiger charge is 2.26. The molecule has 5 nitrogen and oxygen atoms in total. The van der Waals surface area contributed by atoms with Gasteiger partial charge in [-0.3, -0.25) is 14.7 Å². The topological polar surface area (TPSA) is 54.5 Å². The van der Waals surface area contributed by atoms with E-state index in [1.54, 1.807) is 11.3 Å². The molecule has 0 aromatic carbocycles. The van der Waals surface area contributed by atoms with Crippen molar-refractivity contribution in [2.45, 2.75) is 31.7 Å². The molecule has 1 aliphatic carbocycles. The second-order valence-electron chi connectivity index (χ2n) is 6.90. The van der Waals surface area contributed by atoms with Crippen LogP contribution in [0.15, 0.2) is 29.8 Å². The molecule has 0 saturated carbocycles. The number of aromatic nitrogens is 1. The molecular formula is C20H25N3O2S. The lowest BCUT2D eigenvalue weighted by molar-refractivity contribution is 0.0154. The van der Waals surface area contributed by atoms with Crippen molar-refractivity contribution in [1.82, 2.24) is 15.2 Å². The summed E-state index contributed by atoms with van der Waals surface area (Å²) in [5, 5.41) is 5.35. The van der Waals surface area contributed by atoms with Gasteiger partial charge in [-0.25, -0.2) is 0 Å². The number of aryl methyl sites for hydroxylation is 1. The van der Waals surface area contributed by atoms with Gasteiger partial charge in [-0.15, -0.1) is 11.3 Å². The van der Waals surface area contributed by atoms with Crippen molar-refractivity contribution in [3.63, 3.8) is 0 Å². The Bertz CT molecular complexity index is 741. The van der Waals surface area contributed by atoms with Crippen LogP contribution in [-0.2, 0) is 17.6 Å². The number of carbonyl (C=O) groups is 1. The highest BCUT2D eigenvalue weighted by Crippen LogP contribution is 2.30. The Morgan fingerprint density at radius 2 is 2.12 bits per heavy atom. The Kier molecular flexibility index (Phi) is 5.62. The molecule has 1 fully saturated rings. The summed E-state index contributed by atoms with van der Waals surface area (Å²) in [7, 11) is 0. The number of thiophene rings is 1. The molecule has 6 heteroatoms. The third-order valence-electron chi connectivity index (χ3n) is 5.28. The summed E-state index contributed by atoms with van der Waals surface area (Å²) in [4.78, 5) is 20.6. The van der Waals surface area contributed by atoms with Gasteiger partial charge in [0.2, 0.25) is 0 Å². The summed E-state index contributed by atoms with van der Waals surface area (Å²) >= 11 is 1.60. The van der Waals surface area contributed by atoms with Gasteiger partial charge in [0, 0.05) is 25.8 Å². The minimum atomic E-state index is 0.0624. The van der Waals surface area contributed by atoms with Gasteiger partial charge in [0.25, 0.3) is 5.91 Å². The molecule has 4 rings (SSSR count). The second kappa shape index (κ2) is 8.29. The average molecular weight is 372 g/mol. The number of fused-ring (bicyclic) bond motifs is 1. The number of rotatable bonds is 5. The van der Waals surface area contributed by atoms with E-state index in [9.17, 15) is 4.79 Å². The highest BCUT2D eigenvalue weighted by molar-refractivity contribution is 7.12. The first-order valence-corrected chi connectivity index (χ1v) is 10.3. The van der Waals surface area contributed by atoms with Crippen LogP contribution < -0.4 is 5.32 Å². The number of morpholine rings is 1. The summed E-state index contributed by atoms with van der Waals surface area (Å²) in [6.45, 7) is 3.77. The highest BCUT2D eigenvalue weighted by atomic mass is 32.1. The lowest BCUT2D eigenvalue weighted by Crippen LogP contribution is -2.44. The van der Waals surface area contributed by atoms with Gasteiger partial charge in [-0.05, 0) is 54.3 Å². The van der Waals surface area contributed by atoms with E-state index in [-0.39, 0.29) is 11.9 Å². The van der Waals surface area contributed by atoms with Crippen LogP contribution in [0.5, 0.6) is 0 Å². The molecule has 138 valence electrons. The first-order chi connectivity index (χ1) is 12.8. The van der Waals surface area contributed by atoms with Crippen molar-refractivity contribution in [1.29, 1.82) is 0 Å². The zero-order chi connectivity index (χ0) is 17.8.